The van der Waals surface area contributed by atoms with Crippen LogP contribution in [0.5, 0.6) is 0 Å². The Labute approximate surface area is 85.0 Å². The van der Waals surface area contributed by atoms with E-state index in [9.17, 15) is 5.11 Å². The summed E-state index contributed by atoms with van der Waals surface area (Å²) in [4.78, 5) is 0. The summed E-state index contributed by atoms with van der Waals surface area (Å²) in [5, 5.41) is 18.2. The fourth-order valence-corrected chi connectivity index (χ4v) is 1.76. The van der Waals surface area contributed by atoms with E-state index < -0.39 is 6.10 Å². The predicted octanol–water partition coefficient (Wildman–Crippen LogP) is 1.20. The smallest absolute Gasteiger partial charge is 0.203 e. The van der Waals surface area contributed by atoms with Crippen molar-refractivity contribution in [2.75, 3.05) is 5.73 Å². The molecule has 0 saturated carbocycles. The zero-order valence-electron chi connectivity index (χ0n) is 7.29. The van der Waals surface area contributed by atoms with Crippen molar-refractivity contribution < 1.29 is 5.11 Å². The van der Waals surface area contributed by atoms with Gasteiger partial charge in [-0.05, 0) is 5.56 Å². The number of benzene rings is 1. The SMILES string of the molecule is Nc1nnc([C@@H](O)c2ccccc2)s1. The van der Waals surface area contributed by atoms with Crippen molar-refractivity contribution in [3.8, 4) is 0 Å². The van der Waals surface area contributed by atoms with E-state index in [1.54, 1.807) is 0 Å². The van der Waals surface area contributed by atoms with Gasteiger partial charge >= 0.3 is 0 Å². The van der Waals surface area contributed by atoms with Gasteiger partial charge in [-0.3, -0.25) is 0 Å². The van der Waals surface area contributed by atoms with Crippen molar-refractivity contribution in [2.24, 2.45) is 0 Å². The van der Waals surface area contributed by atoms with Crippen LogP contribution in [0.3, 0.4) is 0 Å². The molecule has 1 atom stereocenters. The summed E-state index contributed by atoms with van der Waals surface area (Å²) in [6.07, 6.45) is -0.731. The van der Waals surface area contributed by atoms with Crippen molar-refractivity contribution >= 4 is 16.5 Å². The number of nitrogen functional groups attached to an aromatic ring is 1. The first-order valence-corrected chi connectivity index (χ1v) is 4.91. The van der Waals surface area contributed by atoms with E-state index in [1.807, 2.05) is 30.3 Å². The highest BCUT2D eigenvalue weighted by molar-refractivity contribution is 7.15. The van der Waals surface area contributed by atoms with Crippen LogP contribution in [0.25, 0.3) is 0 Å². The van der Waals surface area contributed by atoms with Crippen LogP contribution in [0.1, 0.15) is 16.7 Å². The van der Waals surface area contributed by atoms with Crippen molar-refractivity contribution in [1.82, 2.24) is 10.2 Å². The molecule has 0 aliphatic heterocycles. The van der Waals surface area contributed by atoms with Crippen LogP contribution in [0, 0.1) is 0 Å². The van der Waals surface area contributed by atoms with Gasteiger partial charge in [-0.1, -0.05) is 41.7 Å². The van der Waals surface area contributed by atoms with E-state index in [4.69, 9.17) is 5.73 Å². The Morgan fingerprint density at radius 2 is 1.93 bits per heavy atom. The van der Waals surface area contributed by atoms with Crippen molar-refractivity contribution in [3.05, 3.63) is 40.9 Å². The van der Waals surface area contributed by atoms with Gasteiger partial charge in [0.05, 0.1) is 0 Å². The summed E-state index contributed by atoms with van der Waals surface area (Å²) in [5.41, 5.74) is 6.22. The molecule has 2 aromatic rings. The third-order valence-corrected chi connectivity index (χ3v) is 2.61. The van der Waals surface area contributed by atoms with E-state index in [2.05, 4.69) is 10.2 Å². The number of aliphatic hydroxyl groups excluding tert-OH is 1. The van der Waals surface area contributed by atoms with Crippen molar-refractivity contribution in [2.45, 2.75) is 6.10 Å². The fraction of sp³-hybridized carbons (Fsp3) is 0.111. The van der Waals surface area contributed by atoms with E-state index in [0.29, 0.717) is 10.1 Å². The maximum atomic E-state index is 9.86. The second-order valence-corrected chi connectivity index (χ2v) is 3.83. The highest BCUT2D eigenvalue weighted by Gasteiger charge is 2.14. The minimum atomic E-state index is -0.731. The van der Waals surface area contributed by atoms with Gasteiger partial charge in [0.15, 0.2) is 5.01 Å². The van der Waals surface area contributed by atoms with Gasteiger partial charge in [-0.15, -0.1) is 10.2 Å². The Hall–Kier alpha value is -1.46. The first kappa shape index (κ1) is 9.11. The molecule has 0 fully saturated rings. The number of anilines is 1. The van der Waals surface area contributed by atoms with E-state index >= 15 is 0 Å². The van der Waals surface area contributed by atoms with Gasteiger partial charge in [-0.2, -0.15) is 0 Å². The molecule has 1 aromatic carbocycles. The number of rotatable bonds is 2. The Balaban J connectivity index is 2.29. The molecule has 0 amide bonds. The first-order chi connectivity index (χ1) is 6.77. The minimum Gasteiger partial charge on any atom is -0.381 e. The van der Waals surface area contributed by atoms with E-state index in [-0.39, 0.29) is 0 Å². The summed E-state index contributed by atoms with van der Waals surface area (Å²) in [7, 11) is 0. The molecule has 0 bridgehead atoms. The quantitative estimate of drug-likeness (QED) is 0.776. The molecule has 3 N–H and O–H groups in total. The maximum Gasteiger partial charge on any atom is 0.203 e. The lowest BCUT2D eigenvalue weighted by Gasteiger charge is -2.05. The molecule has 0 aliphatic rings. The molecule has 1 heterocycles. The second kappa shape index (κ2) is 3.73. The number of nitrogens with two attached hydrogens (primary N) is 1. The van der Waals surface area contributed by atoms with E-state index in [0.717, 1.165) is 5.56 Å². The predicted molar refractivity (Wildman–Crippen MR) is 54.8 cm³/mol. The van der Waals surface area contributed by atoms with Gasteiger partial charge in [-0.25, -0.2) is 0 Å². The lowest BCUT2D eigenvalue weighted by molar-refractivity contribution is 0.219. The molecule has 5 heteroatoms. The number of hydrogen-bond donors (Lipinski definition) is 2. The molecule has 0 aliphatic carbocycles. The highest BCUT2D eigenvalue weighted by atomic mass is 32.1. The van der Waals surface area contributed by atoms with Crippen LogP contribution in [-0.2, 0) is 0 Å². The summed E-state index contributed by atoms with van der Waals surface area (Å²) in [6.45, 7) is 0. The zero-order chi connectivity index (χ0) is 9.97. The molecular weight excluding hydrogens is 198 g/mol. The molecule has 4 nitrogen and oxygen atoms in total. The van der Waals surface area contributed by atoms with Gasteiger partial charge in [0.2, 0.25) is 5.13 Å². The highest BCUT2D eigenvalue weighted by Crippen LogP contribution is 2.24. The van der Waals surface area contributed by atoms with Gasteiger partial charge in [0, 0.05) is 0 Å². The molecule has 0 spiro atoms. The topological polar surface area (TPSA) is 72.0 Å². The molecule has 0 saturated heterocycles. The van der Waals surface area contributed by atoms with Crippen LogP contribution in [0.4, 0.5) is 5.13 Å². The summed E-state index contributed by atoms with van der Waals surface area (Å²) in [5.74, 6) is 0. The molecule has 14 heavy (non-hydrogen) atoms. The van der Waals surface area contributed by atoms with Crippen LogP contribution in [-0.4, -0.2) is 15.3 Å². The van der Waals surface area contributed by atoms with E-state index in [1.165, 1.54) is 11.3 Å². The molecule has 0 radical (unpaired) electrons. The number of nitrogens with zero attached hydrogens (tertiary/aromatic N) is 2. The third kappa shape index (κ3) is 1.73. The molecule has 72 valence electrons. The number of aliphatic hydroxyl groups is 1. The van der Waals surface area contributed by atoms with Crippen LogP contribution in [0.2, 0.25) is 0 Å². The fourth-order valence-electron chi connectivity index (χ4n) is 1.13. The van der Waals surface area contributed by atoms with Gasteiger partial charge < -0.3 is 10.8 Å². The number of aromatic nitrogens is 2. The Morgan fingerprint density at radius 3 is 2.50 bits per heavy atom. The maximum absolute atomic E-state index is 9.86. The lowest BCUT2D eigenvalue weighted by atomic mass is 10.1. The van der Waals surface area contributed by atoms with Gasteiger partial charge in [0.1, 0.15) is 6.10 Å². The van der Waals surface area contributed by atoms with Crippen LogP contribution < -0.4 is 5.73 Å². The van der Waals surface area contributed by atoms with Crippen molar-refractivity contribution in [1.29, 1.82) is 0 Å². The van der Waals surface area contributed by atoms with Crippen molar-refractivity contribution in [3.63, 3.8) is 0 Å². The monoisotopic (exact) mass is 207 g/mol. The Morgan fingerprint density at radius 1 is 1.21 bits per heavy atom. The minimum absolute atomic E-state index is 0.370. The molecule has 1 aromatic heterocycles. The molecular formula is C9H9N3OS. The number of hydrogen-bond acceptors (Lipinski definition) is 5. The summed E-state index contributed by atoms with van der Waals surface area (Å²) in [6, 6.07) is 9.29. The molecule has 0 unspecified atom stereocenters. The zero-order valence-corrected chi connectivity index (χ0v) is 8.11. The van der Waals surface area contributed by atoms with Crippen LogP contribution >= 0.6 is 11.3 Å². The summed E-state index contributed by atoms with van der Waals surface area (Å²) >= 11 is 1.20. The third-order valence-electron chi connectivity index (χ3n) is 1.81. The first-order valence-electron chi connectivity index (χ1n) is 4.09. The molecule has 2 rings (SSSR count). The normalized spacial score (nSPS) is 12.6. The lowest BCUT2D eigenvalue weighted by Crippen LogP contribution is -1.98. The Bertz CT molecular complexity index is 415. The Kier molecular flexibility index (Phi) is 2.43. The largest absolute Gasteiger partial charge is 0.381 e. The van der Waals surface area contributed by atoms with Gasteiger partial charge in [0.25, 0.3) is 0 Å². The second-order valence-electron chi connectivity index (χ2n) is 2.79. The standard InChI is InChI=1S/C9H9N3OS/c10-9-12-11-8(14-9)7(13)6-4-2-1-3-5-6/h1-5,7,13H,(H2,10,12)/t7-/m0/s1. The van der Waals surface area contributed by atoms with Crippen LogP contribution in [0.15, 0.2) is 30.3 Å². The average molecular weight is 207 g/mol. The summed E-state index contributed by atoms with van der Waals surface area (Å²) < 4.78 is 0. The average Bonchev–Trinajstić information content (AvgIpc) is 2.65.